The molecule has 0 fully saturated rings. The summed E-state index contributed by atoms with van der Waals surface area (Å²) in [6.07, 6.45) is 0. The zero-order valence-electron chi connectivity index (χ0n) is 9.84. The van der Waals surface area contributed by atoms with Gasteiger partial charge in [-0.15, -0.1) is 0 Å². The maximum atomic E-state index is 6.07. The van der Waals surface area contributed by atoms with Crippen molar-refractivity contribution < 1.29 is 0 Å². The van der Waals surface area contributed by atoms with E-state index < -0.39 is 0 Å². The molecule has 0 N–H and O–H groups in total. The molecule has 1 aliphatic rings. The fourth-order valence-electron chi connectivity index (χ4n) is 2.54. The standard InChI is InChI=1S/C13H18ClN/c1-5-15-9(2)13(3,4)11-8-10(14)6-7-12(11)15/h6-9H,5H2,1-4H3. The van der Waals surface area contributed by atoms with Gasteiger partial charge in [-0.2, -0.15) is 0 Å². The molecule has 1 aromatic carbocycles. The molecule has 0 saturated carbocycles. The van der Waals surface area contributed by atoms with Gasteiger partial charge in [0.25, 0.3) is 0 Å². The Labute approximate surface area is 97.0 Å². The van der Waals surface area contributed by atoms with E-state index in [0.29, 0.717) is 6.04 Å². The lowest BCUT2D eigenvalue weighted by Gasteiger charge is -2.30. The number of hydrogen-bond donors (Lipinski definition) is 0. The second-order valence-corrected chi connectivity index (χ2v) is 5.28. The molecule has 0 saturated heterocycles. The Hall–Kier alpha value is -0.690. The van der Waals surface area contributed by atoms with Crippen LogP contribution < -0.4 is 4.90 Å². The topological polar surface area (TPSA) is 3.24 Å². The first-order chi connectivity index (χ1) is 6.98. The van der Waals surface area contributed by atoms with E-state index >= 15 is 0 Å². The number of hydrogen-bond acceptors (Lipinski definition) is 1. The smallest absolute Gasteiger partial charge is 0.0410 e. The highest BCUT2D eigenvalue weighted by Gasteiger charge is 2.40. The van der Waals surface area contributed by atoms with Gasteiger partial charge in [-0.05, 0) is 37.6 Å². The van der Waals surface area contributed by atoms with Crippen LogP contribution in [-0.2, 0) is 5.41 Å². The summed E-state index contributed by atoms with van der Waals surface area (Å²) in [5.41, 5.74) is 2.92. The maximum Gasteiger partial charge on any atom is 0.0410 e. The fourth-order valence-corrected chi connectivity index (χ4v) is 2.71. The molecule has 0 aromatic heterocycles. The number of likely N-dealkylation sites (N-methyl/N-ethyl adjacent to an activating group) is 1. The molecule has 2 rings (SSSR count). The molecule has 0 aliphatic carbocycles. The van der Waals surface area contributed by atoms with Crippen molar-refractivity contribution >= 4 is 17.3 Å². The van der Waals surface area contributed by atoms with Crippen molar-refractivity contribution in [3.8, 4) is 0 Å². The normalized spacial score (nSPS) is 23.0. The van der Waals surface area contributed by atoms with Crippen molar-refractivity contribution in [2.75, 3.05) is 11.4 Å². The average molecular weight is 224 g/mol. The van der Waals surface area contributed by atoms with E-state index in [1.54, 1.807) is 0 Å². The first kappa shape index (κ1) is 10.8. The highest BCUT2D eigenvalue weighted by molar-refractivity contribution is 6.30. The third-order valence-electron chi connectivity index (χ3n) is 3.81. The number of anilines is 1. The van der Waals surface area contributed by atoms with E-state index in [1.807, 2.05) is 6.07 Å². The monoisotopic (exact) mass is 223 g/mol. The minimum absolute atomic E-state index is 0.191. The van der Waals surface area contributed by atoms with E-state index in [4.69, 9.17) is 11.6 Å². The lowest BCUT2D eigenvalue weighted by atomic mass is 9.81. The molecular formula is C13H18ClN. The van der Waals surface area contributed by atoms with Gasteiger partial charge >= 0.3 is 0 Å². The third kappa shape index (κ3) is 1.45. The van der Waals surface area contributed by atoms with Crippen LogP contribution in [0.4, 0.5) is 5.69 Å². The number of nitrogens with zero attached hydrogens (tertiary/aromatic N) is 1. The van der Waals surface area contributed by atoms with Gasteiger partial charge in [0.05, 0.1) is 0 Å². The lowest BCUT2D eigenvalue weighted by Crippen LogP contribution is -2.38. The Bertz CT molecular complexity index is 384. The summed E-state index contributed by atoms with van der Waals surface area (Å²) in [5, 5.41) is 0.840. The van der Waals surface area contributed by atoms with Crippen LogP contribution in [-0.4, -0.2) is 12.6 Å². The van der Waals surface area contributed by atoms with Crippen LogP contribution in [0.1, 0.15) is 33.3 Å². The summed E-state index contributed by atoms with van der Waals surface area (Å²) in [5.74, 6) is 0. The first-order valence-electron chi connectivity index (χ1n) is 5.55. The Kier molecular flexibility index (Phi) is 2.46. The third-order valence-corrected chi connectivity index (χ3v) is 4.05. The molecule has 1 aromatic rings. The molecule has 1 nitrogen and oxygen atoms in total. The zero-order valence-corrected chi connectivity index (χ0v) is 10.6. The second-order valence-electron chi connectivity index (χ2n) is 4.85. The quantitative estimate of drug-likeness (QED) is 0.699. The summed E-state index contributed by atoms with van der Waals surface area (Å²) in [6.45, 7) is 10.1. The number of benzene rings is 1. The van der Waals surface area contributed by atoms with Crippen molar-refractivity contribution in [3.05, 3.63) is 28.8 Å². The predicted molar refractivity (Wildman–Crippen MR) is 67.0 cm³/mol. The van der Waals surface area contributed by atoms with Gasteiger partial charge < -0.3 is 4.90 Å². The van der Waals surface area contributed by atoms with Crippen molar-refractivity contribution in [1.82, 2.24) is 0 Å². The van der Waals surface area contributed by atoms with E-state index in [9.17, 15) is 0 Å². The van der Waals surface area contributed by atoms with Crippen molar-refractivity contribution in [2.24, 2.45) is 0 Å². The molecule has 0 radical (unpaired) electrons. The number of halogens is 1. The van der Waals surface area contributed by atoms with Crippen LogP contribution in [0, 0.1) is 0 Å². The van der Waals surface area contributed by atoms with Crippen molar-refractivity contribution in [2.45, 2.75) is 39.2 Å². The molecule has 1 aliphatic heterocycles. The zero-order chi connectivity index (χ0) is 11.2. The molecule has 1 heterocycles. The largest absolute Gasteiger partial charge is 0.368 e. The van der Waals surface area contributed by atoms with Crippen molar-refractivity contribution in [3.63, 3.8) is 0 Å². The average Bonchev–Trinajstić information content (AvgIpc) is 2.37. The maximum absolute atomic E-state index is 6.07. The Morgan fingerprint density at radius 1 is 1.40 bits per heavy atom. The molecule has 0 spiro atoms. The SMILES string of the molecule is CCN1c2ccc(Cl)cc2C(C)(C)C1C. The minimum atomic E-state index is 0.191. The van der Waals surface area contributed by atoms with Gasteiger partial charge in [0.15, 0.2) is 0 Å². The Morgan fingerprint density at radius 3 is 2.67 bits per heavy atom. The second kappa shape index (κ2) is 3.41. The van der Waals surface area contributed by atoms with Gasteiger partial charge in [-0.1, -0.05) is 25.4 Å². The molecule has 1 atom stereocenters. The molecule has 1 unspecified atom stereocenters. The summed E-state index contributed by atoms with van der Waals surface area (Å²) in [4.78, 5) is 2.45. The predicted octanol–water partition coefficient (Wildman–Crippen LogP) is 3.85. The van der Waals surface area contributed by atoms with E-state index in [0.717, 1.165) is 11.6 Å². The van der Waals surface area contributed by atoms with Gasteiger partial charge in [0, 0.05) is 28.7 Å². The van der Waals surface area contributed by atoms with Crippen LogP contribution in [0.15, 0.2) is 18.2 Å². The van der Waals surface area contributed by atoms with Gasteiger partial charge in [0.1, 0.15) is 0 Å². The van der Waals surface area contributed by atoms with Crippen LogP contribution in [0.3, 0.4) is 0 Å². The van der Waals surface area contributed by atoms with Gasteiger partial charge in [0.2, 0.25) is 0 Å². The van der Waals surface area contributed by atoms with E-state index in [1.165, 1.54) is 11.3 Å². The summed E-state index contributed by atoms with van der Waals surface area (Å²) in [6, 6.07) is 6.78. The van der Waals surface area contributed by atoms with Crippen LogP contribution in [0.2, 0.25) is 5.02 Å². The van der Waals surface area contributed by atoms with Crippen LogP contribution in [0.25, 0.3) is 0 Å². The Morgan fingerprint density at radius 2 is 2.07 bits per heavy atom. The molecule has 15 heavy (non-hydrogen) atoms. The molecule has 0 bridgehead atoms. The lowest BCUT2D eigenvalue weighted by molar-refractivity contribution is 0.445. The highest BCUT2D eigenvalue weighted by atomic mass is 35.5. The van der Waals surface area contributed by atoms with Crippen molar-refractivity contribution in [1.29, 1.82) is 0 Å². The van der Waals surface area contributed by atoms with Crippen LogP contribution in [0.5, 0.6) is 0 Å². The minimum Gasteiger partial charge on any atom is -0.368 e. The number of fused-ring (bicyclic) bond motifs is 1. The Balaban J connectivity index is 2.59. The number of rotatable bonds is 1. The summed E-state index contributed by atoms with van der Waals surface area (Å²) in [7, 11) is 0. The van der Waals surface area contributed by atoms with E-state index in [-0.39, 0.29) is 5.41 Å². The summed E-state index contributed by atoms with van der Waals surface area (Å²) >= 11 is 6.07. The molecule has 0 amide bonds. The van der Waals surface area contributed by atoms with Gasteiger partial charge in [-0.25, -0.2) is 0 Å². The van der Waals surface area contributed by atoms with E-state index in [2.05, 4.69) is 44.7 Å². The molecule has 82 valence electrons. The summed E-state index contributed by atoms with van der Waals surface area (Å²) < 4.78 is 0. The highest BCUT2D eigenvalue weighted by Crippen LogP contribution is 2.45. The fraction of sp³-hybridized carbons (Fsp3) is 0.538. The van der Waals surface area contributed by atoms with Gasteiger partial charge in [-0.3, -0.25) is 0 Å². The van der Waals surface area contributed by atoms with Crippen LogP contribution >= 0.6 is 11.6 Å². The molecule has 2 heteroatoms. The molecular weight excluding hydrogens is 206 g/mol. The first-order valence-corrected chi connectivity index (χ1v) is 5.93.